The highest BCUT2D eigenvalue weighted by molar-refractivity contribution is 7.88. The van der Waals surface area contributed by atoms with Crippen molar-refractivity contribution in [3.8, 4) is 11.5 Å². The minimum absolute atomic E-state index is 0.154. The number of rotatable bonds is 11. The maximum atomic E-state index is 12.5. The van der Waals surface area contributed by atoms with Gasteiger partial charge in [0.05, 0.1) is 25.5 Å². The summed E-state index contributed by atoms with van der Waals surface area (Å²) >= 11 is 0. The number of nitrogens with one attached hydrogen (secondary N) is 1. The third kappa shape index (κ3) is 6.83. The molecule has 30 heavy (non-hydrogen) atoms. The van der Waals surface area contributed by atoms with E-state index >= 15 is 0 Å². The van der Waals surface area contributed by atoms with E-state index in [1.54, 1.807) is 25.3 Å². The summed E-state index contributed by atoms with van der Waals surface area (Å²) in [6, 6.07) is 4.76. The molecule has 1 aromatic carbocycles. The van der Waals surface area contributed by atoms with Gasteiger partial charge in [-0.2, -0.15) is 4.31 Å². The van der Waals surface area contributed by atoms with Gasteiger partial charge in [0.15, 0.2) is 6.61 Å². The summed E-state index contributed by atoms with van der Waals surface area (Å²) < 4.78 is 48.1. The standard InChI is InChI=1S/C20H32N2O7S/c1-20(2)13-17(22(9-11-27-4)30(5,24)25)16-12-15(6-7-18(16)29-20)28-14-19(23)21-8-10-26-3/h6-7,12,17H,8-11,13-14H2,1-5H3,(H,21,23). The van der Waals surface area contributed by atoms with E-state index < -0.39 is 21.7 Å². The summed E-state index contributed by atoms with van der Waals surface area (Å²) in [7, 11) is -0.409. The molecule has 170 valence electrons. The van der Waals surface area contributed by atoms with Crippen LogP contribution in [0.3, 0.4) is 0 Å². The van der Waals surface area contributed by atoms with Gasteiger partial charge in [0, 0.05) is 39.3 Å². The first-order chi connectivity index (χ1) is 14.1. The first kappa shape index (κ1) is 24.4. The largest absolute Gasteiger partial charge is 0.487 e. The van der Waals surface area contributed by atoms with Crippen molar-refractivity contribution < 1.29 is 32.2 Å². The summed E-state index contributed by atoms with van der Waals surface area (Å²) in [4.78, 5) is 11.9. The number of sulfonamides is 1. The van der Waals surface area contributed by atoms with Crippen molar-refractivity contribution in [2.75, 3.05) is 53.4 Å². The Morgan fingerprint density at radius 3 is 2.60 bits per heavy atom. The normalized spacial score (nSPS) is 17.9. The van der Waals surface area contributed by atoms with Crippen LogP contribution in [0.1, 0.15) is 31.9 Å². The van der Waals surface area contributed by atoms with E-state index in [2.05, 4.69) is 5.32 Å². The van der Waals surface area contributed by atoms with E-state index in [1.807, 2.05) is 13.8 Å². The summed E-state index contributed by atoms with van der Waals surface area (Å²) in [6.07, 6.45) is 1.66. The third-order valence-electron chi connectivity index (χ3n) is 4.70. The van der Waals surface area contributed by atoms with Gasteiger partial charge in [-0.3, -0.25) is 4.79 Å². The predicted octanol–water partition coefficient (Wildman–Crippen LogP) is 1.34. The lowest BCUT2D eigenvalue weighted by Crippen LogP contribution is -2.44. The first-order valence-electron chi connectivity index (χ1n) is 9.74. The second-order valence-electron chi connectivity index (χ2n) is 7.78. The van der Waals surface area contributed by atoms with Gasteiger partial charge >= 0.3 is 0 Å². The number of fused-ring (bicyclic) bond motifs is 1. The SMILES string of the molecule is COCCNC(=O)COc1ccc2c(c1)C(N(CCOC)S(C)(=O)=O)CC(C)(C)O2. The summed E-state index contributed by atoms with van der Waals surface area (Å²) in [5.74, 6) is 0.792. The van der Waals surface area contributed by atoms with Crippen LogP contribution in [-0.4, -0.2) is 77.6 Å². The molecule has 0 aliphatic carbocycles. The Kier molecular flexibility index (Phi) is 8.48. The van der Waals surface area contributed by atoms with Crippen LogP contribution >= 0.6 is 0 Å². The second-order valence-corrected chi connectivity index (χ2v) is 9.71. The van der Waals surface area contributed by atoms with Crippen molar-refractivity contribution in [3.63, 3.8) is 0 Å². The summed E-state index contributed by atoms with van der Waals surface area (Å²) in [6.45, 7) is 5.02. The molecule has 0 saturated carbocycles. The highest BCUT2D eigenvalue weighted by Crippen LogP contribution is 2.44. The average Bonchev–Trinajstić information content (AvgIpc) is 2.65. The Labute approximate surface area is 178 Å². The monoisotopic (exact) mass is 444 g/mol. The molecule has 0 radical (unpaired) electrons. The minimum Gasteiger partial charge on any atom is -0.487 e. The number of benzene rings is 1. The molecule has 1 aromatic rings. The molecule has 0 bridgehead atoms. The number of hydrogen-bond acceptors (Lipinski definition) is 7. The molecule has 0 spiro atoms. The average molecular weight is 445 g/mol. The number of carbonyl (C=O) groups excluding carboxylic acids is 1. The smallest absolute Gasteiger partial charge is 0.258 e. The molecule has 1 amide bonds. The molecule has 10 heteroatoms. The van der Waals surface area contributed by atoms with E-state index in [-0.39, 0.29) is 25.7 Å². The van der Waals surface area contributed by atoms with Crippen molar-refractivity contribution in [2.45, 2.75) is 31.9 Å². The van der Waals surface area contributed by atoms with Gasteiger partial charge in [0.1, 0.15) is 17.1 Å². The fraction of sp³-hybridized carbons (Fsp3) is 0.650. The van der Waals surface area contributed by atoms with Gasteiger partial charge in [-0.15, -0.1) is 0 Å². The molecule has 9 nitrogen and oxygen atoms in total. The lowest BCUT2D eigenvalue weighted by molar-refractivity contribution is -0.123. The number of nitrogens with zero attached hydrogens (tertiary/aromatic N) is 1. The lowest BCUT2D eigenvalue weighted by atomic mass is 9.89. The topological polar surface area (TPSA) is 103 Å². The molecule has 0 fully saturated rings. The van der Waals surface area contributed by atoms with Crippen molar-refractivity contribution in [2.24, 2.45) is 0 Å². The predicted molar refractivity (Wildman–Crippen MR) is 112 cm³/mol. The zero-order chi connectivity index (χ0) is 22.4. The number of ether oxygens (including phenoxy) is 4. The molecular weight excluding hydrogens is 412 g/mol. The van der Waals surface area contributed by atoms with Gasteiger partial charge in [-0.25, -0.2) is 8.42 Å². The van der Waals surface area contributed by atoms with Gasteiger partial charge < -0.3 is 24.3 Å². The number of amides is 1. The van der Waals surface area contributed by atoms with Crippen LogP contribution in [0.2, 0.25) is 0 Å². The molecule has 0 saturated heterocycles. The molecule has 2 rings (SSSR count). The van der Waals surface area contributed by atoms with Crippen molar-refractivity contribution in [3.05, 3.63) is 23.8 Å². The van der Waals surface area contributed by atoms with E-state index in [1.165, 1.54) is 17.7 Å². The minimum atomic E-state index is -3.50. The molecular formula is C20H32N2O7S. The summed E-state index contributed by atoms with van der Waals surface area (Å²) in [5.41, 5.74) is 0.158. The fourth-order valence-electron chi connectivity index (χ4n) is 3.37. The van der Waals surface area contributed by atoms with Crippen LogP contribution in [0.25, 0.3) is 0 Å². The Bertz CT molecular complexity index is 826. The van der Waals surface area contributed by atoms with E-state index in [4.69, 9.17) is 18.9 Å². The van der Waals surface area contributed by atoms with Crippen molar-refractivity contribution in [1.29, 1.82) is 0 Å². The van der Waals surface area contributed by atoms with Gasteiger partial charge in [-0.05, 0) is 32.0 Å². The molecule has 0 aromatic heterocycles. The Balaban J connectivity index is 2.26. The fourth-order valence-corrected chi connectivity index (χ4v) is 4.42. The second kappa shape index (κ2) is 10.4. The van der Waals surface area contributed by atoms with E-state index in [9.17, 15) is 13.2 Å². The highest BCUT2D eigenvalue weighted by Gasteiger charge is 2.40. The lowest BCUT2D eigenvalue weighted by Gasteiger charge is -2.41. The van der Waals surface area contributed by atoms with Gasteiger partial charge in [0.25, 0.3) is 5.91 Å². The van der Waals surface area contributed by atoms with Crippen molar-refractivity contribution >= 4 is 15.9 Å². The molecule has 1 unspecified atom stereocenters. The Morgan fingerprint density at radius 1 is 1.27 bits per heavy atom. The first-order valence-corrected chi connectivity index (χ1v) is 11.6. The van der Waals surface area contributed by atoms with E-state index in [0.717, 1.165) is 0 Å². The highest BCUT2D eigenvalue weighted by atomic mass is 32.2. The molecule has 1 heterocycles. The van der Waals surface area contributed by atoms with Crippen molar-refractivity contribution in [1.82, 2.24) is 9.62 Å². The maximum absolute atomic E-state index is 12.5. The quantitative estimate of drug-likeness (QED) is 0.514. The van der Waals surface area contributed by atoms with Crippen LogP contribution in [0, 0.1) is 0 Å². The van der Waals surface area contributed by atoms with Crippen LogP contribution in [-0.2, 0) is 24.3 Å². The molecule has 1 aliphatic heterocycles. The molecule has 1 aliphatic rings. The van der Waals surface area contributed by atoms with Gasteiger partial charge in [-0.1, -0.05) is 0 Å². The van der Waals surface area contributed by atoms with E-state index in [0.29, 0.717) is 36.6 Å². The summed E-state index contributed by atoms with van der Waals surface area (Å²) in [5, 5.41) is 2.68. The number of methoxy groups -OCH3 is 2. The number of hydrogen-bond donors (Lipinski definition) is 1. The molecule has 1 N–H and O–H groups in total. The van der Waals surface area contributed by atoms with Crippen LogP contribution in [0.4, 0.5) is 0 Å². The van der Waals surface area contributed by atoms with Crippen LogP contribution in [0.15, 0.2) is 18.2 Å². The third-order valence-corrected chi connectivity index (χ3v) is 5.99. The maximum Gasteiger partial charge on any atom is 0.258 e. The zero-order valence-corrected chi connectivity index (χ0v) is 19.1. The molecule has 1 atom stereocenters. The van der Waals surface area contributed by atoms with Crippen LogP contribution in [0.5, 0.6) is 11.5 Å². The Morgan fingerprint density at radius 2 is 1.97 bits per heavy atom. The van der Waals surface area contributed by atoms with Crippen LogP contribution < -0.4 is 14.8 Å². The van der Waals surface area contributed by atoms with Gasteiger partial charge in [0.2, 0.25) is 10.0 Å². The zero-order valence-electron chi connectivity index (χ0n) is 18.3. The number of carbonyl (C=O) groups is 1. The Hall–Kier alpha value is -1.88.